The number of aryl methyl sites for hydroxylation is 1. The van der Waals surface area contributed by atoms with E-state index in [1.165, 1.54) is 4.88 Å². The minimum Gasteiger partial charge on any atom is -0.444 e. The van der Waals surface area contributed by atoms with Crippen LogP contribution in [-0.4, -0.2) is 29.7 Å². The molecule has 1 spiro atoms. The molecule has 23 heavy (non-hydrogen) atoms. The summed E-state index contributed by atoms with van der Waals surface area (Å²) in [5, 5.41) is 10.1. The van der Waals surface area contributed by atoms with Crippen LogP contribution in [0.4, 0.5) is 9.80 Å². The second-order valence-electron chi connectivity index (χ2n) is 7.54. The Morgan fingerprint density at radius 2 is 2.17 bits per heavy atom. The topological polar surface area (TPSA) is 79.3 Å². The summed E-state index contributed by atoms with van der Waals surface area (Å²) in [5.74, 6) is 0. The Balaban J connectivity index is 1.89. The summed E-state index contributed by atoms with van der Waals surface area (Å²) in [6.07, 6.45) is 3.69. The van der Waals surface area contributed by atoms with Crippen LogP contribution in [0.1, 0.15) is 56.0 Å². The van der Waals surface area contributed by atoms with Gasteiger partial charge in [-0.1, -0.05) is 0 Å². The van der Waals surface area contributed by atoms with Gasteiger partial charge in [0.05, 0.1) is 5.56 Å². The van der Waals surface area contributed by atoms with E-state index in [2.05, 4.69) is 6.07 Å². The van der Waals surface area contributed by atoms with Crippen molar-refractivity contribution < 1.29 is 9.53 Å². The van der Waals surface area contributed by atoms with Crippen molar-refractivity contribution in [3.63, 3.8) is 0 Å². The van der Waals surface area contributed by atoms with Crippen LogP contribution in [0.15, 0.2) is 0 Å². The number of nitrogens with two attached hydrogens (primary N) is 1. The maximum atomic E-state index is 12.4. The number of nitrogen functional groups attached to an aromatic ring is 1. The molecule has 6 heteroatoms. The van der Waals surface area contributed by atoms with Crippen LogP contribution in [0.5, 0.6) is 0 Å². The number of hydrogen-bond acceptors (Lipinski definition) is 5. The van der Waals surface area contributed by atoms with Crippen molar-refractivity contribution in [1.29, 1.82) is 5.26 Å². The fourth-order valence-corrected chi connectivity index (χ4v) is 5.00. The van der Waals surface area contributed by atoms with E-state index in [9.17, 15) is 10.1 Å². The highest BCUT2D eigenvalue weighted by Gasteiger charge is 2.47. The fraction of sp³-hybridized carbons (Fsp3) is 0.647. The molecule has 1 aromatic heterocycles. The van der Waals surface area contributed by atoms with Crippen LogP contribution in [0, 0.1) is 11.3 Å². The SMILES string of the molecule is CC(C)(C)OC(=O)N1CCC2(CCCc3sc(N)c(C#N)c32)C1. The van der Waals surface area contributed by atoms with Crippen molar-refractivity contribution in [1.82, 2.24) is 4.90 Å². The van der Waals surface area contributed by atoms with Crippen LogP contribution in [0.25, 0.3) is 0 Å². The van der Waals surface area contributed by atoms with Gasteiger partial charge in [0.1, 0.15) is 16.7 Å². The lowest BCUT2D eigenvalue weighted by molar-refractivity contribution is 0.0282. The van der Waals surface area contributed by atoms with Crippen molar-refractivity contribution >= 4 is 22.4 Å². The van der Waals surface area contributed by atoms with E-state index >= 15 is 0 Å². The average Bonchev–Trinajstić information content (AvgIpc) is 2.99. The number of anilines is 1. The Labute approximate surface area is 141 Å². The van der Waals surface area contributed by atoms with Gasteiger partial charge in [0, 0.05) is 23.4 Å². The number of amides is 1. The van der Waals surface area contributed by atoms with E-state index in [1.54, 1.807) is 16.2 Å². The molecule has 1 aromatic rings. The Hall–Kier alpha value is -1.74. The van der Waals surface area contributed by atoms with E-state index in [0.717, 1.165) is 31.2 Å². The number of likely N-dealkylation sites (tertiary alicyclic amines) is 1. The lowest BCUT2D eigenvalue weighted by Crippen LogP contribution is -2.39. The lowest BCUT2D eigenvalue weighted by Gasteiger charge is -2.34. The van der Waals surface area contributed by atoms with Gasteiger partial charge < -0.3 is 15.4 Å². The average molecular weight is 333 g/mol. The van der Waals surface area contributed by atoms with Gasteiger partial charge in [0.2, 0.25) is 0 Å². The number of hydrogen-bond donors (Lipinski definition) is 1. The number of carbonyl (C=O) groups excluding carboxylic acids is 1. The molecule has 1 aliphatic heterocycles. The molecule has 3 rings (SSSR count). The molecule has 5 nitrogen and oxygen atoms in total. The first-order valence-corrected chi connectivity index (χ1v) is 8.87. The smallest absolute Gasteiger partial charge is 0.410 e. The van der Waals surface area contributed by atoms with Crippen LogP contribution in [0.2, 0.25) is 0 Å². The molecule has 1 amide bonds. The molecule has 2 heterocycles. The summed E-state index contributed by atoms with van der Waals surface area (Å²) in [7, 11) is 0. The molecule has 0 bridgehead atoms. The van der Waals surface area contributed by atoms with E-state index in [4.69, 9.17) is 10.5 Å². The minimum absolute atomic E-state index is 0.121. The minimum atomic E-state index is -0.491. The quantitative estimate of drug-likeness (QED) is 0.789. The summed E-state index contributed by atoms with van der Waals surface area (Å²) in [6.45, 7) is 6.93. The van der Waals surface area contributed by atoms with Crippen molar-refractivity contribution in [2.45, 2.75) is 57.5 Å². The normalized spacial score (nSPS) is 23.7. The Morgan fingerprint density at radius 1 is 1.43 bits per heavy atom. The zero-order chi connectivity index (χ0) is 16.8. The van der Waals surface area contributed by atoms with Crippen LogP contribution in [-0.2, 0) is 16.6 Å². The molecule has 1 saturated heterocycles. The first-order valence-electron chi connectivity index (χ1n) is 8.05. The molecule has 1 atom stereocenters. The van der Waals surface area contributed by atoms with Crippen LogP contribution < -0.4 is 5.73 Å². The van der Waals surface area contributed by atoms with E-state index in [0.29, 0.717) is 23.7 Å². The first kappa shape index (κ1) is 16.1. The van der Waals surface area contributed by atoms with Gasteiger partial charge in [-0.15, -0.1) is 11.3 Å². The first-order chi connectivity index (χ1) is 10.8. The number of thiophene rings is 1. The van der Waals surface area contributed by atoms with Crippen molar-refractivity contribution in [2.24, 2.45) is 0 Å². The third kappa shape index (κ3) is 2.78. The molecule has 1 aliphatic carbocycles. The van der Waals surface area contributed by atoms with Gasteiger partial charge in [-0.3, -0.25) is 0 Å². The number of fused-ring (bicyclic) bond motifs is 2. The summed E-state index contributed by atoms with van der Waals surface area (Å²) in [5.41, 5.74) is 7.18. The molecule has 124 valence electrons. The van der Waals surface area contributed by atoms with Gasteiger partial charge in [0.25, 0.3) is 0 Å². The van der Waals surface area contributed by atoms with Crippen LogP contribution >= 0.6 is 11.3 Å². The summed E-state index contributed by atoms with van der Waals surface area (Å²) in [4.78, 5) is 15.4. The Kier molecular flexibility index (Phi) is 3.80. The van der Waals surface area contributed by atoms with Crippen LogP contribution in [0.3, 0.4) is 0 Å². The number of rotatable bonds is 0. The Morgan fingerprint density at radius 3 is 2.83 bits per heavy atom. The van der Waals surface area contributed by atoms with Gasteiger partial charge >= 0.3 is 6.09 Å². The third-order valence-electron chi connectivity index (χ3n) is 4.72. The molecule has 1 unspecified atom stereocenters. The zero-order valence-corrected chi connectivity index (χ0v) is 14.8. The standard InChI is InChI=1S/C17H23N3O2S/c1-16(2,3)22-15(21)20-8-7-17(10-20)6-4-5-12-13(17)11(9-18)14(19)23-12/h4-8,10,19H2,1-3H3. The van der Waals surface area contributed by atoms with Crippen molar-refractivity contribution in [3.8, 4) is 6.07 Å². The maximum absolute atomic E-state index is 12.4. The second-order valence-corrected chi connectivity index (χ2v) is 8.67. The summed E-state index contributed by atoms with van der Waals surface area (Å²) >= 11 is 1.54. The van der Waals surface area contributed by atoms with Crippen molar-refractivity contribution in [3.05, 3.63) is 16.0 Å². The second kappa shape index (κ2) is 5.41. The maximum Gasteiger partial charge on any atom is 0.410 e. The molecule has 0 radical (unpaired) electrons. The summed E-state index contributed by atoms with van der Waals surface area (Å²) in [6, 6.07) is 2.29. The van der Waals surface area contributed by atoms with Gasteiger partial charge in [-0.05, 0) is 52.0 Å². The predicted molar refractivity (Wildman–Crippen MR) is 90.5 cm³/mol. The highest BCUT2D eigenvalue weighted by atomic mass is 32.1. The molecule has 2 aliphatic rings. The van der Waals surface area contributed by atoms with E-state index < -0.39 is 5.60 Å². The fourth-order valence-electron chi connectivity index (χ4n) is 3.82. The molecular formula is C17H23N3O2S. The van der Waals surface area contributed by atoms with E-state index in [-0.39, 0.29) is 11.5 Å². The molecular weight excluding hydrogens is 310 g/mol. The van der Waals surface area contributed by atoms with Gasteiger partial charge in [0.15, 0.2) is 0 Å². The van der Waals surface area contributed by atoms with E-state index in [1.807, 2.05) is 20.8 Å². The molecule has 1 fully saturated rings. The monoisotopic (exact) mass is 333 g/mol. The van der Waals surface area contributed by atoms with Gasteiger partial charge in [-0.2, -0.15) is 5.26 Å². The number of nitriles is 1. The Bertz CT molecular complexity index is 683. The van der Waals surface area contributed by atoms with Crippen molar-refractivity contribution in [2.75, 3.05) is 18.8 Å². The zero-order valence-electron chi connectivity index (χ0n) is 13.9. The highest BCUT2D eigenvalue weighted by Crippen LogP contribution is 2.50. The molecule has 0 saturated carbocycles. The number of carbonyl (C=O) groups is 1. The summed E-state index contributed by atoms with van der Waals surface area (Å²) < 4.78 is 5.51. The predicted octanol–water partition coefficient (Wildman–Crippen LogP) is 3.42. The largest absolute Gasteiger partial charge is 0.444 e. The number of ether oxygens (including phenoxy) is 1. The molecule has 2 N–H and O–H groups in total. The highest BCUT2D eigenvalue weighted by molar-refractivity contribution is 7.16. The lowest BCUT2D eigenvalue weighted by atomic mass is 9.70. The number of nitrogens with zero attached hydrogens (tertiary/aromatic N) is 2. The third-order valence-corrected chi connectivity index (χ3v) is 5.79. The molecule has 0 aromatic carbocycles. The van der Waals surface area contributed by atoms with Gasteiger partial charge in [-0.25, -0.2) is 4.79 Å².